The molecular weight excluding hydrogens is 233 g/mol. The van der Waals surface area contributed by atoms with E-state index in [1.54, 1.807) is 20.8 Å². The molecule has 0 bridgehead atoms. The highest BCUT2D eigenvalue weighted by molar-refractivity contribution is 5.33. The van der Waals surface area contributed by atoms with Gasteiger partial charge in [0.1, 0.15) is 11.5 Å². The van der Waals surface area contributed by atoms with Gasteiger partial charge in [0.05, 0.1) is 6.10 Å². The standard InChI is InChI=1S/C12H17F3O2/c1-7-8(2)17-9(3)11(7)10(16)5-4-6-12(13,14)15/h10,16H,4-6H2,1-3H3. The Morgan fingerprint density at radius 1 is 1.18 bits per heavy atom. The summed E-state index contributed by atoms with van der Waals surface area (Å²) in [5.41, 5.74) is 1.45. The van der Waals surface area contributed by atoms with Gasteiger partial charge in [-0.05, 0) is 39.2 Å². The lowest BCUT2D eigenvalue weighted by molar-refractivity contribution is -0.136. The summed E-state index contributed by atoms with van der Waals surface area (Å²) in [5.74, 6) is 1.28. The van der Waals surface area contributed by atoms with E-state index in [1.807, 2.05) is 0 Å². The lowest BCUT2D eigenvalue weighted by atomic mass is 10.00. The van der Waals surface area contributed by atoms with Gasteiger partial charge in [0.25, 0.3) is 0 Å². The Labute approximate surface area is 98.4 Å². The third-order valence-corrected chi connectivity index (χ3v) is 2.89. The van der Waals surface area contributed by atoms with Gasteiger partial charge in [0.15, 0.2) is 0 Å². The monoisotopic (exact) mass is 250 g/mol. The van der Waals surface area contributed by atoms with Gasteiger partial charge < -0.3 is 9.52 Å². The first-order chi connectivity index (χ1) is 7.72. The molecule has 0 saturated heterocycles. The van der Waals surface area contributed by atoms with Crippen LogP contribution in [-0.2, 0) is 0 Å². The molecule has 0 saturated carbocycles. The molecule has 0 spiro atoms. The van der Waals surface area contributed by atoms with Crippen molar-refractivity contribution in [2.45, 2.75) is 52.3 Å². The van der Waals surface area contributed by atoms with Crippen LogP contribution >= 0.6 is 0 Å². The second-order valence-corrected chi connectivity index (χ2v) is 4.28. The van der Waals surface area contributed by atoms with Crippen molar-refractivity contribution in [1.29, 1.82) is 0 Å². The molecule has 0 amide bonds. The largest absolute Gasteiger partial charge is 0.466 e. The molecule has 2 nitrogen and oxygen atoms in total. The van der Waals surface area contributed by atoms with Gasteiger partial charge in [-0.2, -0.15) is 13.2 Å². The topological polar surface area (TPSA) is 33.4 Å². The molecule has 1 heterocycles. The summed E-state index contributed by atoms with van der Waals surface area (Å²) in [5, 5.41) is 9.87. The Morgan fingerprint density at radius 3 is 2.18 bits per heavy atom. The van der Waals surface area contributed by atoms with E-state index in [0.717, 1.165) is 5.56 Å². The zero-order valence-corrected chi connectivity index (χ0v) is 10.2. The quantitative estimate of drug-likeness (QED) is 0.877. The molecule has 0 aliphatic rings. The summed E-state index contributed by atoms with van der Waals surface area (Å²) < 4.78 is 41.2. The van der Waals surface area contributed by atoms with E-state index in [0.29, 0.717) is 17.1 Å². The molecular formula is C12H17F3O2. The number of halogens is 3. The van der Waals surface area contributed by atoms with Gasteiger partial charge in [-0.3, -0.25) is 0 Å². The van der Waals surface area contributed by atoms with Crippen LogP contribution in [0.2, 0.25) is 0 Å². The fourth-order valence-electron chi connectivity index (χ4n) is 1.94. The van der Waals surface area contributed by atoms with Crippen molar-refractivity contribution >= 4 is 0 Å². The summed E-state index contributed by atoms with van der Waals surface area (Å²) >= 11 is 0. The first-order valence-corrected chi connectivity index (χ1v) is 5.53. The molecule has 1 unspecified atom stereocenters. The Bertz CT molecular complexity index is 380. The van der Waals surface area contributed by atoms with Crippen LogP contribution in [0.1, 0.15) is 48.0 Å². The molecule has 1 N–H and O–H groups in total. The number of aliphatic hydroxyl groups is 1. The number of rotatable bonds is 4. The van der Waals surface area contributed by atoms with Crippen molar-refractivity contribution in [3.63, 3.8) is 0 Å². The highest BCUT2D eigenvalue weighted by atomic mass is 19.4. The number of hydrogen-bond donors (Lipinski definition) is 1. The maximum absolute atomic E-state index is 12.0. The van der Waals surface area contributed by atoms with Crippen molar-refractivity contribution in [2.75, 3.05) is 0 Å². The van der Waals surface area contributed by atoms with Crippen LogP contribution in [0.3, 0.4) is 0 Å². The van der Waals surface area contributed by atoms with Gasteiger partial charge in [-0.15, -0.1) is 0 Å². The van der Waals surface area contributed by atoms with E-state index in [4.69, 9.17) is 4.42 Å². The minimum atomic E-state index is -4.16. The van der Waals surface area contributed by atoms with Crippen LogP contribution in [0.5, 0.6) is 0 Å². The average molecular weight is 250 g/mol. The summed E-state index contributed by atoms with van der Waals surface area (Å²) in [7, 11) is 0. The second-order valence-electron chi connectivity index (χ2n) is 4.28. The van der Waals surface area contributed by atoms with Gasteiger partial charge in [-0.25, -0.2) is 0 Å². The first-order valence-electron chi connectivity index (χ1n) is 5.53. The third-order valence-electron chi connectivity index (χ3n) is 2.89. The molecule has 1 rings (SSSR count). The summed E-state index contributed by atoms with van der Waals surface area (Å²) in [4.78, 5) is 0. The van der Waals surface area contributed by atoms with E-state index in [9.17, 15) is 18.3 Å². The molecule has 17 heavy (non-hydrogen) atoms. The second kappa shape index (κ2) is 5.12. The van der Waals surface area contributed by atoms with E-state index >= 15 is 0 Å². The number of hydrogen-bond acceptors (Lipinski definition) is 2. The van der Waals surface area contributed by atoms with Crippen molar-refractivity contribution in [2.24, 2.45) is 0 Å². The number of alkyl halides is 3. The van der Waals surface area contributed by atoms with Crippen LogP contribution in [0, 0.1) is 20.8 Å². The van der Waals surface area contributed by atoms with Crippen molar-refractivity contribution in [3.05, 3.63) is 22.6 Å². The summed E-state index contributed by atoms with van der Waals surface area (Å²) in [6.45, 7) is 5.28. The fraction of sp³-hybridized carbons (Fsp3) is 0.667. The van der Waals surface area contributed by atoms with Crippen LogP contribution < -0.4 is 0 Å². The lowest BCUT2D eigenvalue weighted by Crippen LogP contribution is -2.08. The summed E-state index contributed by atoms with van der Waals surface area (Å²) in [6, 6.07) is 0. The molecule has 98 valence electrons. The third kappa shape index (κ3) is 3.77. The zero-order valence-electron chi connectivity index (χ0n) is 10.2. The van der Waals surface area contributed by atoms with E-state index in [1.165, 1.54) is 0 Å². The van der Waals surface area contributed by atoms with E-state index < -0.39 is 18.7 Å². The molecule has 1 aromatic rings. The van der Waals surface area contributed by atoms with Crippen LogP contribution in [-0.4, -0.2) is 11.3 Å². The Morgan fingerprint density at radius 2 is 1.76 bits per heavy atom. The molecule has 1 aromatic heterocycles. The number of aryl methyl sites for hydroxylation is 2. The Balaban J connectivity index is 2.61. The Hall–Kier alpha value is -0.970. The summed E-state index contributed by atoms with van der Waals surface area (Å²) in [6.07, 6.45) is -5.88. The first kappa shape index (κ1) is 14.1. The number of aliphatic hydroxyl groups excluding tert-OH is 1. The van der Waals surface area contributed by atoms with Crippen molar-refractivity contribution < 1.29 is 22.7 Å². The van der Waals surface area contributed by atoms with Crippen LogP contribution in [0.15, 0.2) is 4.42 Å². The molecule has 1 atom stereocenters. The normalized spacial score (nSPS) is 14.1. The predicted molar refractivity (Wildman–Crippen MR) is 57.8 cm³/mol. The maximum Gasteiger partial charge on any atom is 0.389 e. The number of furan rings is 1. The van der Waals surface area contributed by atoms with E-state index in [2.05, 4.69) is 0 Å². The maximum atomic E-state index is 12.0. The van der Waals surface area contributed by atoms with Gasteiger partial charge >= 0.3 is 6.18 Å². The van der Waals surface area contributed by atoms with Gasteiger partial charge in [-0.1, -0.05) is 0 Å². The fourth-order valence-corrected chi connectivity index (χ4v) is 1.94. The van der Waals surface area contributed by atoms with Crippen molar-refractivity contribution in [1.82, 2.24) is 0 Å². The minimum absolute atomic E-state index is 0.0756. The van der Waals surface area contributed by atoms with Crippen LogP contribution in [0.4, 0.5) is 13.2 Å². The molecule has 5 heteroatoms. The molecule has 0 aromatic carbocycles. The van der Waals surface area contributed by atoms with E-state index in [-0.39, 0.29) is 12.8 Å². The van der Waals surface area contributed by atoms with Crippen LogP contribution in [0.25, 0.3) is 0 Å². The van der Waals surface area contributed by atoms with Crippen molar-refractivity contribution in [3.8, 4) is 0 Å². The SMILES string of the molecule is Cc1oc(C)c(C(O)CCCC(F)(F)F)c1C. The molecule has 0 aliphatic heterocycles. The average Bonchev–Trinajstić information content (AvgIpc) is 2.38. The van der Waals surface area contributed by atoms with Gasteiger partial charge in [0, 0.05) is 12.0 Å². The smallest absolute Gasteiger partial charge is 0.389 e. The molecule has 0 radical (unpaired) electrons. The highest BCUT2D eigenvalue weighted by Gasteiger charge is 2.27. The highest BCUT2D eigenvalue weighted by Crippen LogP contribution is 2.31. The Kier molecular flexibility index (Phi) is 4.25. The lowest BCUT2D eigenvalue weighted by Gasteiger charge is -2.12. The minimum Gasteiger partial charge on any atom is -0.466 e. The molecule has 0 fully saturated rings. The van der Waals surface area contributed by atoms with Gasteiger partial charge in [0.2, 0.25) is 0 Å². The molecule has 0 aliphatic carbocycles. The predicted octanol–water partition coefficient (Wildman–Crippen LogP) is 3.97. The zero-order chi connectivity index (χ0) is 13.2.